The average molecular weight is 299 g/mol. The van der Waals surface area contributed by atoms with Crippen LogP contribution in [0.25, 0.3) is 0 Å². The summed E-state index contributed by atoms with van der Waals surface area (Å²) < 4.78 is 0. The van der Waals surface area contributed by atoms with Gasteiger partial charge in [-0.2, -0.15) is 5.26 Å². The number of nitriles is 1. The van der Waals surface area contributed by atoms with Crippen LogP contribution in [0.2, 0.25) is 5.02 Å². The van der Waals surface area contributed by atoms with Crippen LogP contribution in [0.5, 0.6) is 0 Å². The van der Waals surface area contributed by atoms with Gasteiger partial charge in [-0.15, -0.1) is 0 Å². The normalized spacial score (nSPS) is 11.5. The summed E-state index contributed by atoms with van der Waals surface area (Å²) in [5.74, 6) is -0.162. The van der Waals surface area contributed by atoms with Crippen molar-refractivity contribution in [2.75, 3.05) is 0 Å². The van der Waals surface area contributed by atoms with Gasteiger partial charge < -0.3 is 4.90 Å². The Balaban J connectivity index is 2.34. The number of nitrogens with zero attached hydrogens (tertiary/aromatic N) is 2. The molecule has 2 rings (SSSR count). The molecular weight excluding hydrogens is 284 g/mol. The molecular formula is C17H15ClN2O. The number of amides is 1. The number of carbonyl (C=O) groups excluding carboxylic acids is 1. The molecule has 0 spiro atoms. The predicted octanol–water partition coefficient (Wildman–Crippen LogP) is 3.95. The number of hydrogen-bond acceptors (Lipinski definition) is 2. The van der Waals surface area contributed by atoms with Crippen LogP contribution in [-0.2, 0) is 11.3 Å². The first-order valence-electron chi connectivity index (χ1n) is 6.58. The summed E-state index contributed by atoms with van der Waals surface area (Å²) in [4.78, 5) is 13.5. The van der Waals surface area contributed by atoms with Gasteiger partial charge in [-0.25, -0.2) is 0 Å². The number of carbonyl (C=O) groups is 1. The molecule has 1 amide bonds. The molecule has 0 aliphatic rings. The minimum absolute atomic E-state index is 0.162. The molecule has 1 atom stereocenters. The Bertz CT molecular complexity index is 664. The van der Waals surface area contributed by atoms with E-state index in [-0.39, 0.29) is 5.91 Å². The Hall–Kier alpha value is -2.31. The summed E-state index contributed by atoms with van der Waals surface area (Å²) in [7, 11) is 0. The Kier molecular flexibility index (Phi) is 4.97. The van der Waals surface area contributed by atoms with Crippen LogP contribution in [0.1, 0.15) is 24.1 Å². The fourth-order valence-electron chi connectivity index (χ4n) is 2.17. The van der Waals surface area contributed by atoms with Gasteiger partial charge in [0, 0.05) is 24.1 Å². The molecule has 0 bridgehead atoms. The second kappa shape index (κ2) is 6.92. The molecule has 0 fully saturated rings. The quantitative estimate of drug-likeness (QED) is 0.857. The van der Waals surface area contributed by atoms with Gasteiger partial charge in [-0.1, -0.05) is 60.1 Å². The second-order valence-corrected chi connectivity index (χ2v) is 5.09. The summed E-state index contributed by atoms with van der Waals surface area (Å²) in [6, 6.07) is 18.2. The van der Waals surface area contributed by atoms with E-state index >= 15 is 0 Å². The van der Waals surface area contributed by atoms with E-state index in [1.54, 1.807) is 18.2 Å². The fourth-order valence-corrected chi connectivity index (χ4v) is 2.41. The first-order valence-corrected chi connectivity index (χ1v) is 6.96. The van der Waals surface area contributed by atoms with Gasteiger partial charge in [0.15, 0.2) is 0 Å². The van der Waals surface area contributed by atoms with Gasteiger partial charge in [0.2, 0.25) is 5.91 Å². The van der Waals surface area contributed by atoms with E-state index in [1.165, 1.54) is 11.8 Å². The van der Waals surface area contributed by atoms with E-state index < -0.39 is 6.04 Å². The van der Waals surface area contributed by atoms with Gasteiger partial charge in [0.25, 0.3) is 0 Å². The Morgan fingerprint density at radius 1 is 1.19 bits per heavy atom. The molecule has 1 unspecified atom stereocenters. The van der Waals surface area contributed by atoms with Crippen molar-refractivity contribution < 1.29 is 4.79 Å². The highest BCUT2D eigenvalue weighted by Gasteiger charge is 2.24. The highest BCUT2D eigenvalue weighted by molar-refractivity contribution is 6.31. The van der Waals surface area contributed by atoms with Crippen molar-refractivity contribution in [3.05, 3.63) is 70.7 Å². The average Bonchev–Trinajstić information content (AvgIpc) is 2.49. The molecule has 0 aliphatic carbocycles. The third-order valence-corrected chi connectivity index (χ3v) is 3.58. The van der Waals surface area contributed by atoms with Crippen molar-refractivity contribution in [3.8, 4) is 6.07 Å². The molecule has 0 saturated heterocycles. The molecule has 3 nitrogen and oxygen atoms in total. The summed E-state index contributed by atoms with van der Waals surface area (Å²) in [5, 5.41) is 9.99. The highest BCUT2D eigenvalue weighted by atomic mass is 35.5. The van der Waals surface area contributed by atoms with E-state index in [0.29, 0.717) is 17.1 Å². The summed E-state index contributed by atoms with van der Waals surface area (Å²) >= 11 is 6.16. The van der Waals surface area contributed by atoms with Crippen LogP contribution in [-0.4, -0.2) is 10.8 Å². The first kappa shape index (κ1) is 15.1. The highest BCUT2D eigenvalue weighted by Crippen LogP contribution is 2.28. The first-order chi connectivity index (χ1) is 10.1. The number of hydrogen-bond donors (Lipinski definition) is 0. The topological polar surface area (TPSA) is 44.1 Å². The SMILES string of the molecule is CC(=O)N(Cc1ccccc1)C(C#N)c1ccccc1Cl. The second-order valence-electron chi connectivity index (χ2n) is 4.69. The Labute approximate surface area is 129 Å². The maximum atomic E-state index is 12.0. The van der Waals surface area contributed by atoms with Crippen molar-refractivity contribution >= 4 is 17.5 Å². The Morgan fingerprint density at radius 3 is 2.38 bits per heavy atom. The van der Waals surface area contributed by atoms with Crippen molar-refractivity contribution in [2.24, 2.45) is 0 Å². The zero-order valence-corrected chi connectivity index (χ0v) is 12.4. The fraction of sp³-hybridized carbons (Fsp3) is 0.176. The summed E-state index contributed by atoms with van der Waals surface area (Å²) in [5.41, 5.74) is 1.62. The van der Waals surface area contributed by atoms with Crippen LogP contribution in [0.4, 0.5) is 0 Å². The monoisotopic (exact) mass is 298 g/mol. The van der Waals surface area contributed by atoms with Gasteiger partial charge >= 0.3 is 0 Å². The molecule has 0 aromatic heterocycles. The standard InChI is InChI=1S/C17H15ClN2O/c1-13(21)20(12-14-7-3-2-4-8-14)17(11-19)15-9-5-6-10-16(15)18/h2-10,17H,12H2,1H3. The molecule has 2 aromatic rings. The molecule has 21 heavy (non-hydrogen) atoms. The van der Waals surface area contributed by atoms with Gasteiger partial charge in [0.1, 0.15) is 6.04 Å². The van der Waals surface area contributed by atoms with Crippen molar-refractivity contribution in [1.29, 1.82) is 5.26 Å². The van der Waals surface area contributed by atoms with E-state index in [0.717, 1.165) is 5.56 Å². The van der Waals surface area contributed by atoms with Gasteiger partial charge in [-0.05, 0) is 11.6 Å². The zero-order chi connectivity index (χ0) is 15.2. The lowest BCUT2D eigenvalue weighted by molar-refractivity contribution is -0.130. The van der Waals surface area contributed by atoms with Crippen LogP contribution < -0.4 is 0 Å². The lowest BCUT2D eigenvalue weighted by Crippen LogP contribution is -2.32. The molecule has 0 radical (unpaired) electrons. The molecule has 2 aromatic carbocycles. The molecule has 106 valence electrons. The van der Waals surface area contributed by atoms with Crippen LogP contribution in [0.3, 0.4) is 0 Å². The maximum absolute atomic E-state index is 12.0. The van der Waals surface area contributed by atoms with Crippen molar-refractivity contribution in [3.63, 3.8) is 0 Å². The number of rotatable bonds is 4. The molecule has 0 aliphatic heterocycles. The van der Waals surface area contributed by atoms with Crippen LogP contribution >= 0.6 is 11.6 Å². The minimum atomic E-state index is -0.698. The Morgan fingerprint density at radius 2 is 1.81 bits per heavy atom. The molecule has 0 N–H and O–H groups in total. The lowest BCUT2D eigenvalue weighted by atomic mass is 10.1. The largest absolute Gasteiger partial charge is 0.318 e. The third kappa shape index (κ3) is 3.62. The van der Waals surface area contributed by atoms with E-state index in [4.69, 9.17) is 11.6 Å². The molecule has 0 saturated carbocycles. The molecule has 4 heteroatoms. The number of benzene rings is 2. The van der Waals surface area contributed by atoms with Gasteiger partial charge in [0.05, 0.1) is 6.07 Å². The summed E-state index contributed by atoms with van der Waals surface area (Å²) in [6.07, 6.45) is 0. The van der Waals surface area contributed by atoms with Crippen molar-refractivity contribution in [2.45, 2.75) is 19.5 Å². The smallest absolute Gasteiger partial charge is 0.221 e. The predicted molar refractivity (Wildman–Crippen MR) is 82.5 cm³/mol. The summed E-state index contributed by atoms with van der Waals surface area (Å²) in [6.45, 7) is 1.84. The van der Waals surface area contributed by atoms with Crippen molar-refractivity contribution in [1.82, 2.24) is 4.90 Å². The zero-order valence-electron chi connectivity index (χ0n) is 11.7. The lowest BCUT2D eigenvalue weighted by Gasteiger charge is -2.27. The molecule has 0 heterocycles. The van der Waals surface area contributed by atoms with Crippen LogP contribution in [0, 0.1) is 11.3 Å². The van der Waals surface area contributed by atoms with E-state index in [2.05, 4.69) is 6.07 Å². The van der Waals surface area contributed by atoms with Crippen LogP contribution in [0.15, 0.2) is 54.6 Å². The van der Waals surface area contributed by atoms with E-state index in [1.807, 2.05) is 36.4 Å². The maximum Gasteiger partial charge on any atom is 0.221 e. The minimum Gasteiger partial charge on any atom is -0.318 e. The van der Waals surface area contributed by atoms with Gasteiger partial charge in [-0.3, -0.25) is 4.79 Å². The number of halogens is 1. The van der Waals surface area contributed by atoms with E-state index in [9.17, 15) is 10.1 Å². The third-order valence-electron chi connectivity index (χ3n) is 3.23.